The number of benzene rings is 2. The van der Waals surface area contributed by atoms with E-state index in [4.69, 9.17) is 4.74 Å². The molecule has 2 amide bonds. The molecule has 0 bridgehead atoms. The van der Waals surface area contributed by atoms with E-state index < -0.39 is 0 Å². The molecule has 1 aliphatic heterocycles. The number of ether oxygens (including phenoxy) is 1. The van der Waals surface area contributed by atoms with Crippen molar-refractivity contribution >= 4 is 29.7 Å². The van der Waals surface area contributed by atoms with Gasteiger partial charge >= 0.3 is 0 Å². The first-order valence-electron chi connectivity index (χ1n) is 7.79. The predicted octanol–water partition coefficient (Wildman–Crippen LogP) is 2.95. The molecule has 2 aromatic carbocycles. The fourth-order valence-electron chi connectivity index (χ4n) is 2.38. The third kappa shape index (κ3) is 4.22. The fourth-order valence-corrected chi connectivity index (χ4v) is 3.35. The van der Waals surface area contributed by atoms with Crippen molar-refractivity contribution in [3.8, 4) is 5.75 Å². The monoisotopic (exact) mass is 354 g/mol. The molecule has 5 nitrogen and oxygen atoms in total. The minimum Gasteiger partial charge on any atom is -0.497 e. The number of thioether (sulfide) groups is 1. The molecule has 1 N–H and O–H groups in total. The van der Waals surface area contributed by atoms with Crippen LogP contribution in [-0.2, 0) is 4.79 Å². The highest BCUT2D eigenvalue weighted by molar-refractivity contribution is 8.01. The number of hydrogen-bond donors (Lipinski definition) is 1. The highest BCUT2D eigenvalue weighted by Crippen LogP contribution is 2.25. The Labute approximate surface area is 150 Å². The van der Waals surface area contributed by atoms with Gasteiger partial charge < -0.3 is 4.74 Å². The quantitative estimate of drug-likeness (QED) is 0.897. The van der Waals surface area contributed by atoms with Gasteiger partial charge in [0.25, 0.3) is 11.8 Å². The SMILES string of the molecule is COc1ccc(C(=O)NN2C(=O)CSC2/C=C/c2ccccc2)cc1. The first-order chi connectivity index (χ1) is 12.2. The Bertz CT molecular complexity index is 775. The van der Waals surface area contributed by atoms with Crippen LogP contribution in [-0.4, -0.2) is 35.1 Å². The van der Waals surface area contributed by atoms with Crippen LogP contribution in [0.1, 0.15) is 15.9 Å². The van der Waals surface area contributed by atoms with Crippen LogP contribution >= 0.6 is 11.8 Å². The summed E-state index contributed by atoms with van der Waals surface area (Å²) in [6.45, 7) is 0. The van der Waals surface area contributed by atoms with Crippen LogP contribution in [0.3, 0.4) is 0 Å². The van der Waals surface area contributed by atoms with Crippen molar-refractivity contribution in [3.05, 3.63) is 71.8 Å². The molecule has 2 aromatic rings. The van der Waals surface area contributed by atoms with E-state index in [0.29, 0.717) is 17.1 Å². The molecule has 0 spiro atoms. The Hall–Kier alpha value is -2.73. The minimum absolute atomic E-state index is 0.116. The first kappa shape index (κ1) is 17.1. The van der Waals surface area contributed by atoms with E-state index in [-0.39, 0.29) is 17.2 Å². The lowest BCUT2D eigenvalue weighted by Crippen LogP contribution is -2.46. The largest absolute Gasteiger partial charge is 0.497 e. The van der Waals surface area contributed by atoms with Gasteiger partial charge in [0, 0.05) is 5.56 Å². The number of carbonyl (C=O) groups is 2. The zero-order valence-electron chi connectivity index (χ0n) is 13.7. The van der Waals surface area contributed by atoms with Crippen molar-refractivity contribution in [3.63, 3.8) is 0 Å². The zero-order chi connectivity index (χ0) is 17.6. The van der Waals surface area contributed by atoms with E-state index in [1.807, 2.05) is 42.5 Å². The van der Waals surface area contributed by atoms with Gasteiger partial charge in [-0.1, -0.05) is 36.4 Å². The molecule has 1 saturated heterocycles. The molecule has 0 saturated carbocycles. The molecule has 1 atom stereocenters. The first-order valence-corrected chi connectivity index (χ1v) is 8.84. The van der Waals surface area contributed by atoms with Gasteiger partial charge in [-0.25, -0.2) is 5.01 Å². The number of methoxy groups -OCH3 is 1. The number of hydrogen-bond acceptors (Lipinski definition) is 4. The van der Waals surface area contributed by atoms with Crippen LogP contribution in [0.15, 0.2) is 60.7 Å². The summed E-state index contributed by atoms with van der Waals surface area (Å²) in [4.78, 5) is 24.5. The van der Waals surface area contributed by atoms with Crippen molar-refractivity contribution in [1.29, 1.82) is 0 Å². The van der Waals surface area contributed by atoms with Crippen molar-refractivity contribution < 1.29 is 14.3 Å². The zero-order valence-corrected chi connectivity index (χ0v) is 14.5. The van der Waals surface area contributed by atoms with Crippen molar-refractivity contribution in [2.24, 2.45) is 0 Å². The topological polar surface area (TPSA) is 58.6 Å². The predicted molar refractivity (Wildman–Crippen MR) is 99.0 cm³/mol. The maximum Gasteiger partial charge on any atom is 0.269 e. The molecule has 3 rings (SSSR count). The number of nitrogens with zero attached hydrogens (tertiary/aromatic N) is 1. The molecular weight excluding hydrogens is 336 g/mol. The molecule has 6 heteroatoms. The lowest BCUT2D eigenvalue weighted by molar-refractivity contribution is -0.129. The average Bonchev–Trinajstić information content (AvgIpc) is 3.00. The lowest BCUT2D eigenvalue weighted by atomic mass is 10.2. The number of amides is 2. The van der Waals surface area contributed by atoms with E-state index in [1.54, 1.807) is 31.4 Å². The molecule has 1 aliphatic rings. The highest BCUT2D eigenvalue weighted by Gasteiger charge is 2.31. The van der Waals surface area contributed by atoms with E-state index in [2.05, 4.69) is 5.43 Å². The van der Waals surface area contributed by atoms with Gasteiger partial charge in [0.1, 0.15) is 11.1 Å². The van der Waals surface area contributed by atoms with E-state index in [0.717, 1.165) is 5.56 Å². The van der Waals surface area contributed by atoms with Gasteiger partial charge in [-0.3, -0.25) is 15.0 Å². The van der Waals surface area contributed by atoms with E-state index in [1.165, 1.54) is 16.8 Å². The summed E-state index contributed by atoms with van der Waals surface area (Å²) < 4.78 is 5.08. The summed E-state index contributed by atoms with van der Waals surface area (Å²) in [5.74, 6) is 0.575. The summed E-state index contributed by atoms with van der Waals surface area (Å²) in [6, 6.07) is 16.6. The van der Waals surface area contributed by atoms with Crippen molar-refractivity contribution in [2.75, 3.05) is 12.9 Å². The third-order valence-corrected chi connectivity index (χ3v) is 4.85. The smallest absolute Gasteiger partial charge is 0.269 e. The van der Waals surface area contributed by atoms with Gasteiger partial charge in [-0.15, -0.1) is 11.8 Å². The lowest BCUT2D eigenvalue weighted by Gasteiger charge is -2.22. The molecule has 128 valence electrons. The second-order valence-electron chi connectivity index (χ2n) is 5.40. The summed E-state index contributed by atoms with van der Waals surface area (Å²) in [6.07, 6.45) is 3.86. The van der Waals surface area contributed by atoms with Gasteiger partial charge in [0.05, 0.1) is 12.9 Å². The normalized spacial score (nSPS) is 17.1. The van der Waals surface area contributed by atoms with Crippen LogP contribution in [0.25, 0.3) is 6.08 Å². The Morgan fingerprint density at radius 3 is 2.60 bits per heavy atom. The number of hydrazine groups is 1. The second kappa shape index (κ2) is 7.90. The fraction of sp³-hybridized carbons (Fsp3) is 0.158. The minimum atomic E-state index is -0.323. The Morgan fingerprint density at radius 2 is 1.92 bits per heavy atom. The highest BCUT2D eigenvalue weighted by atomic mass is 32.2. The maximum atomic E-state index is 12.4. The molecule has 0 aromatic heterocycles. The maximum absolute atomic E-state index is 12.4. The molecule has 1 unspecified atom stereocenters. The van der Waals surface area contributed by atoms with Crippen molar-refractivity contribution in [1.82, 2.24) is 10.4 Å². The van der Waals surface area contributed by atoms with Gasteiger partial charge in [0.2, 0.25) is 0 Å². The van der Waals surface area contributed by atoms with Gasteiger partial charge in [0.15, 0.2) is 0 Å². The van der Waals surface area contributed by atoms with Gasteiger partial charge in [-0.2, -0.15) is 0 Å². The Balaban J connectivity index is 1.69. The van der Waals surface area contributed by atoms with Gasteiger partial charge in [-0.05, 0) is 35.9 Å². The van der Waals surface area contributed by atoms with Crippen molar-refractivity contribution in [2.45, 2.75) is 5.37 Å². The number of nitrogens with one attached hydrogen (secondary N) is 1. The van der Waals surface area contributed by atoms with E-state index >= 15 is 0 Å². The van der Waals surface area contributed by atoms with E-state index in [9.17, 15) is 9.59 Å². The average molecular weight is 354 g/mol. The Morgan fingerprint density at radius 1 is 1.20 bits per heavy atom. The summed E-state index contributed by atoms with van der Waals surface area (Å²) in [5.41, 5.74) is 4.21. The summed E-state index contributed by atoms with van der Waals surface area (Å²) >= 11 is 1.48. The Kier molecular flexibility index (Phi) is 5.40. The van der Waals surface area contributed by atoms with Crippen LogP contribution in [0.2, 0.25) is 0 Å². The number of rotatable bonds is 5. The molecular formula is C19H18N2O3S. The third-order valence-electron chi connectivity index (χ3n) is 3.73. The second-order valence-corrected chi connectivity index (χ2v) is 6.51. The molecule has 0 aliphatic carbocycles. The van der Waals surface area contributed by atoms with Crippen LogP contribution < -0.4 is 10.2 Å². The number of carbonyl (C=O) groups excluding carboxylic acids is 2. The van der Waals surface area contributed by atoms with Crippen LogP contribution in [0.4, 0.5) is 0 Å². The van der Waals surface area contributed by atoms with Crippen LogP contribution in [0.5, 0.6) is 5.75 Å². The molecule has 1 fully saturated rings. The van der Waals surface area contributed by atoms with Crippen LogP contribution in [0, 0.1) is 0 Å². The summed E-state index contributed by atoms with van der Waals surface area (Å²) in [7, 11) is 1.57. The molecule has 1 heterocycles. The molecule has 25 heavy (non-hydrogen) atoms. The summed E-state index contributed by atoms with van der Waals surface area (Å²) in [5, 5.41) is 1.16. The molecule has 0 radical (unpaired) electrons. The standard InChI is InChI=1S/C19H18N2O3S/c1-24-16-10-8-15(9-11-16)19(23)20-21-17(22)13-25-18(21)12-7-14-5-3-2-4-6-14/h2-12,18H,13H2,1H3,(H,20,23)/b12-7+.